The van der Waals surface area contributed by atoms with Gasteiger partial charge in [-0.25, -0.2) is 4.79 Å². The summed E-state index contributed by atoms with van der Waals surface area (Å²) < 4.78 is 0. The van der Waals surface area contributed by atoms with E-state index in [1.807, 2.05) is 47.4 Å². The Morgan fingerprint density at radius 1 is 1.00 bits per heavy atom. The number of carbonyl (C=O) groups is 1. The van der Waals surface area contributed by atoms with Gasteiger partial charge < -0.3 is 15.1 Å². The molecule has 1 saturated heterocycles. The van der Waals surface area contributed by atoms with E-state index in [9.17, 15) is 4.79 Å². The van der Waals surface area contributed by atoms with E-state index >= 15 is 0 Å². The van der Waals surface area contributed by atoms with Gasteiger partial charge in [0.15, 0.2) is 0 Å². The number of hydrogen-bond donors (Lipinski definition) is 1. The smallest absolute Gasteiger partial charge is 0.317 e. The zero-order valence-corrected chi connectivity index (χ0v) is 12.5. The molecule has 0 radical (unpaired) electrons. The SMILES string of the molecule is O=C(NCc1ccccc1)N1CCN(c2ccncc2)CC1. The number of anilines is 1. The topological polar surface area (TPSA) is 48.5 Å². The lowest BCUT2D eigenvalue weighted by molar-refractivity contribution is 0.194. The number of hydrogen-bond acceptors (Lipinski definition) is 3. The molecule has 3 rings (SSSR count). The van der Waals surface area contributed by atoms with E-state index in [2.05, 4.69) is 15.2 Å². The minimum absolute atomic E-state index is 0.0123. The highest BCUT2D eigenvalue weighted by atomic mass is 16.2. The number of amides is 2. The highest BCUT2D eigenvalue weighted by molar-refractivity contribution is 5.74. The van der Waals surface area contributed by atoms with E-state index in [0.29, 0.717) is 6.54 Å². The average molecular weight is 296 g/mol. The summed E-state index contributed by atoms with van der Waals surface area (Å²) in [5.41, 5.74) is 2.28. The second-order valence-electron chi connectivity index (χ2n) is 5.32. The van der Waals surface area contributed by atoms with Gasteiger partial charge in [-0.1, -0.05) is 30.3 Å². The Labute approximate surface area is 130 Å². The molecule has 2 aromatic rings. The molecule has 1 aliphatic heterocycles. The fourth-order valence-electron chi connectivity index (χ4n) is 2.61. The molecule has 0 bridgehead atoms. The standard InChI is InChI=1S/C17H20N4O/c22-17(19-14-15-4-2-1-3-5-15)21-12-10-20(11-13-21)16-6-8-18-9-7-16/h1-9H,10-14H2,(H,19,22). The van der Waals surface area contributed by atoms with Gasteiger partial charge in [0.2, 0.25) is 0 Å². The number of rotatable bonds is 3. The van der Waals surface area contributed by atoms with Crippen LogP contribution in [0, 0.1) is 0 Å². The van der Waals surface area contributed by atoms with Crippen LogP contribution in [0.4, 0.5) is 10.5 Å². The molecule has 0 unspecified atom stereocenters. The Hall–Kier alpha value is -2.56. The molecular weight excluding hydrogens is 276 g/mol. The van der Waals surface area contributed by atoms with E-state index in [-0.39, 0.29) is 6.03 Å². The summed E-state index contributed by atoms with van der Waals surface area (Å²) in [6, 6.07) is 14.0. The third kappa shape index (κ3) is 3.55. The Kier molecular flexibility index (Phi) is 4.53. The molecule has 1 aromatic heterocycles. The van der Waals surface area contributed by atoms with Gasteiger partial charge in [0.25, 0.3) is 0 Å². The van der Waals surface area contributed by atoms with Crippen LogP contribution < -0.4 is 10.2 Å². The van der Waals surface area contributed by atoms with Crippen molar-refractivity contribution in [2.45, 2.75) is 6.54 Å². The van der Waals surface area contributed by atoms with Gasteiger partial charge in [0.05, 0.1) is 0 Å². The summed E-state index contributed by atoms with van der Waals surface area (Å²) in [6.07, 6.45) is 3.60. The molecule has 1 aromatic carbocycles. The predicted molar refractivity (Wildman–Crippen MR) is 86.7 cm³/mol. The predicted octanol–water partition coefficient (Wildman–Crippen LogP) is 2.11. The first-order valence-electron chi connectivity index (χ1n) is 7.54. The fraction of sp³-hybridized carbons (Fsp3) is 0.294. The number of pyridine rings is 1. The maximum absolute atomic E-state index is 12.2. The van der Waals surface area contributed by atoms with Gasteiger partial charge in [-0.2, -0.15) is 0 Å². The largest absolute Gasteiger partial charge is 0.368 e. The molecule has 0 spiro atoms. The first kappa shape index (κ1) is 14.4. The van der Waals surface area contributed by atoms with Crippen LogP contribution in [-0.4, -0.2) is 42.1 Å². The maximum Gasteiger partial charge on any atom is 0.317 e. The summed E-state index contributed by atoms with van der Waals surface area (Å²) in [6.45, 7) is 3.75. The highest BCUT2D eigenvalue weighted by Gasteiger charge is 2.20. The fourth-order valence-corrected chi connectivity index (χ4v) is 2.61. The number of benzene rings is 1. The van der Waals surface area contributed by atoms with Crippen LogP contribution in [0.15, 0.2) is 54.9 Å². The molecule has 114 valence electrons. The van der Waals surface area contributed by atoms with Crippen LogP contribution in [0.25, 0.3) is 0 Å². The summed E-state index contributed by atoms with van der Waals surface area (Å²) >= 11 is 0. The van der Waals surface area contributed by atoms with Crippen LogP contribution in [-0.2, 0) is 6.54 Å². The number of nitrogens with one attached hydrogen (secondary N) is 1. The van der Waals surface area contributed by atoms with Crippen molar-refractivity contribution in [2.75, 3.05) is 31.1 Å². The number of nitrogens with zero attached hydrogens (tertiary/aromatic N) is 3. The average Bonchev–Trinajstić information content (AvgIpc) is 2.61. The zero-order valence-electron chi connectivity index (χ0n) is 12.5. The molecule has 0 atom stereocenters. The Morgan fingerprint density at radius 3 is 2.36 bits per heavy atom. The molecule has 0 aliphatic carbocycles. The van der Waals surface area contributed by atoms with E-state index < -0.39 is 0 Å². The third-order valence-electron chi connectivity index (χ3n) is 3.88. The quantitative estimate of drug-likeness (QED) is 0.944. The van der Waals surface area contributed by atoms with Gasteiger partial charge in [-0.05, 0) is 17.7 Å². The van der Waals surface area contributed by atoms with Crippen molar-refractivity contribution in [1.82, 2.24) is 15.2 Å². The van der Waals surface area contributed by atoms with Crippen molar-refractivity contribution in [1.29, 1.82) is 0 Å². The summed E-state index contributed by atoms with van der Waals surface area (Å²) in [7, 11) is 0. The Balaban J connectivity index is 1.48. The monoisotopic (exact) mass is 296 g/mol. The van der Waals surface area contributed by atoms with Crippen LogP contribution >= 0.6 is 0 Å². The molecule has 22 heavy (non-hydrogen) atoms. The normalized spacial score (nSPS) is 14.7. The molecule has 2 heterocycles. The summed E-state index contributed by atoms with van der Waals surface area (Å²) in [5.74, 6) is 0. The van der Waals surface area contributed by atoms with Gasteiger partial charge >= 0.3 is 6.03 Å². The number of carbonyl (C=O) groups excluding carboxylic acids is 1. The molecule has 1 aliphatic rings. The minimum Gasteiger partial charge on any atom is -0.368 e. The lowest BCUT2D eigenvalue weighted by atomic mass is 10.2. The number of piperazine rings is 1. The van der Waals surface area contributed by atoms with Crippen molar-refractivity contribution >= 4 is 11.7 Å². The molecule has 1 fully saturated rings. The van der Waals surface area contributed by atoms with Crippen molar-refractivity contribution in [3.8, 4) is 0 Å². The van der Waals surface area contributed by atoms with Gasteiger partial charge in [0, 0.05) is 50.8 Å². The second-order valence-corrected chi connectivity index (χ2v) is 5.32. The Bertz CT molecular complexity index is 595. The van der Waals surface area contributed by atoms with E-state index in [1.54, 1.807) is 12.4 Å². The van der Waals surface area contributed by atoms with Crippen molar-refractivity contribution < 1.29 is 4.79 Å². The van der Waals surface area contributed by atoms with Crippen molar-refractivity contribution in [3.05, 3.63) is 60.4 Å². The third-order valence-corrected chi connectivity index (χ3v) is 3.88. The summed E-state index contributed by atoms with van der Waals surface area (Å²) in [4.78, 5) is 20.4. The van der Waals surface area contributed by atoms with Gasteiger partial charge in [0.1, 0.15) is 0 Å². The maximum atomic E-state index is 12.2. The second kappa shape index (κ2) is 6.93. The van der Waals surface area contributed by atoms with Crippen molar-refractivity contribution in [3.63, 3.8) is 0 Å². The zero-order chi connectivity index (χ0) is 15.2. The number of aromatic nitrogens is 1. The molecular formula is C17H20N4O. The van der Waals surface area contributed by atoms with Gasteiger partial charge in [-0.15, -0.1) is 0 Å². The highest BCUT2D eigenvalue weighted by Crippen LogP contribution is 2.14. The van der Waals surface area contributed by atoms with Crippen LogP contribution in [0.1, 0.15) is 5.56 Å². The van der Waals surface area contributed by atoms with Gasteiger partial charge in [-0.3, -0.25) is 4.98 Å². The molecule has 5 nitrogen and oxygen atoms in total. The minimum atomic E-state index is 0.0123. The first-order valence-corrected chi connectivity index (χ1v) is 7.54. The Morgan fingerprint density at radius 2 is 1.68 bits per heavy atom. The van der Waals surface area contributed by atoms with E-state index in [0.717, 1.165) is 31.7 Å². The first-order chi connectivity index (χ1) is 10.8. The molecule has 0 saturated carbocycles. The molecule has 2 amide bonds. The van der Waals surface area contributed by atoms with Crippen LogP contribution in [0.2, 0.25) is 0 Å². The summed E-state index contributed by atoms with van der Waals surface area (Å²) in [5, 5.41) is 2.98. The lowest BCUT2D eigenvalue weighted by Gasteiger charge is -2.36. The van der Waals surface area contributed by atoms with E-state index in [1.165, 1.54) is 5.69 Å². The van der Waals surface area contributed by atoms with Crippen LogP contribution in [0.3, 0.4) is 0 Å². The lowest BCUT2D eigenvalue weighted by Crippen LogP contribution is -2.51. The number of urea groups is 1. The van der Waals surface area contributed by atoms with E-state index in [4.69, 9.17) is 0 Å². The molecule has 5 heteroatoms. The molecule has 1 N–H and O–H groups in total. The van der Waals surface area contributed by atoms with Crippen molar-refractivity contribution in [2.24, 2.45) is 0 Å². The van der Waals surface area contributed by atoms with Crippen LogP contribution in [0.5, 0.6) is 0 Å².